The zero-order chi connectivity index (χ0) is 14.2. The largest absolute Gasteiger partial charge is 0.308 e. The van der Waals surface area contributed by atoms with E-state index in [2.05, 4.69) is 50.4 Å². The average molecular weight is 271 g/mol. The smallest absolute Gasteiger partial charge is 0.0409 e. The maximum Gasteiger partial charge on any atom is 0.0409 e. The van der Waals surface area contributed by atoms with E-state index in [-0.39, 0.29) is 5.54 Å². The molecule has 0 radical (unpaired) electrons. The molecule has 3 rings (SSSR count). The van der Waals surface area contributed by atoms with Gasteiger partial charge in [0.2, 0.25) is 0 Å². The number of rotatable bonds is 2. The lowest BCUT2D eigenvalue weighted by Gasteiger charge is -2.38. The van der Waals surface area contributed by atoms with Crippen LogP contribution in [0.1, 0.15) is 76.3 Å². The highest BCUT2D eigenvalue weighted by molar-refractivity contribution is 5.37. The fourth-order valence-electron chi connectivity index (χ4n) is 4.44. The van der Waals surface area contributed by atoms with Crippen LogP contribution < -0.4 is 5.32 Å². The molecule has 2 unspecified atom stereocenters. The molecule has 1 aliphatic carbocycles. The summed E-state index contributed by atoms with van der Waals surface area (Å²) >= 11 is 0. The van der Waals surface area contributed by atoms with Gasteiger partial charge in [0.25, 0.3) is 0 Å². The molecule has 1 N–H and O–H groups in total. The zero-order valence-electron chi connectivity index (χ0n) is 13.3. The summed E-state index contributed by atoms with van der Waals surface area (Å²) in [6, 6.07) is 9.22. The molecule has 2 aliphatic rings. The molecule has 1 heterocycles. The van der Waals surface area contributed by atoms with Crippen LogP contribution in [0, 0.1) is 5.41 Å². The Bertz CT molecular complexity index is 468. The van der Waals surface area contributed by atoms with E-state index in [1.54, 1.807) is 11.1 Å². The molecule has 0 amide bonds. The molecule has 1 saturated heterocycles. The first-order valence-electron chi connectivity index (χ1n) is 8.35. The Morgan fingerprint density at radius 3 is 2.55 bits per heavy atom. The van der Waals surface area contributed by atoms with Crippen molar-refractivity contribution in [1.82, 2.24) is 5.32 Å². The first-order chi connectivity index (χ1) is 9.50. The molecule has 2 fully saturated rings. The van der Waals surface area contributed by atoms with Crippen molar-refractivity contribution in [3.8, 4) is 0 Å². The summed E-state index contributed by atoms with van der Waals surface area (Å²) in [7, 11) is 0. The minimum absolute atomic E-state index is 0.207. The molecular formula is C19H29N. The molecule has 1 nitrogen and oxygen atoms in total. The van der Waals surface area contributed by atoms with E-state index in [4.69, 9.17) is 0 Å². The summed E-state index contributed by atoms with van der Waals surface area (Å²) in [6.45, 7) is 8.45. The second-order valence-corrected chi connectivity index (χ2v) is 7.91. The van der Waals surface area contributed by atoms with Crippen molar-refractivity contribution in [2.75, 3.05) is 6.54 Å². The van der Waals surface area contributed by atoms with Crippen molar-refractivity contribution in [2.24, 2.45) is 5.41 Å². The molecule has 20 heavy (non-hydrogen) atoms. The van der Waals surface area contributed by atoms with Gasteiger partial charge in [-0.2, -0.15) is 0 Å². The Labute approximate surface area is 124 Å². The van der Waals surface area contributed by atoms with Gasteiger partial charge in [0.1, 0.15) is 0 Å². The molecule has 1 aliphatic heterocycles. The number of nitrogens with one attached hydrogen (secondary N) is 1. The summed E-state index contributed by atoms with van der Waals surface area (Å²) in [4.78, 5) is 0. The van der Waals surface area contributed by atoms with Crippen molar-refractivity contribution < 1.29 is 0 Å². The molecule has 110 valence electrons. The molecule has 1 heteroatoms. The Morgan fingerprint density at radius 2 is 1.85 bits per heavy atom. The van der Waals surface area contributed by atoms with Crippen LogP contribution in [0.3, 0.4) is 0 Å². The first kappa shape index (κ1) is 14.1. The second kappa shape index (κ2) is 5.18. The van der Waals surface area contributed by atoms with E-state index >= 15 is 0 Å². The van der Waals surface area contributed by atoms with E-state index in [0.29, 0.717) is 5.41 Å². The summed E-state index contributed by atoms with van der Waals surface area (Å²) < 4.78 is 0. The topological polar surface area (TPSA) is 12.0 Å². The van der Waals surface area contributed by atoms with Crippen molar-refractivity contribution in [2.45, 2.75) is 70.8 Å². The number of hydrogen-bond acceptors (Lipinski definition) is 1. The molecule has 0 spiro atoms. The van der Waals surface area contributed by atoms with Crippen LogP contribution in [-0.2, 0) is 5.54 Å². The quantitative estimate of drug-likeness (QED) is 0.801. The third-order valence-electron chi connectivity index (χ3n) is 5.57. The predicted octanol–water partition coefficient (Wildman–Crippen LogP) is 4.97. The third kappa shape index (κ3) is 2.65. The Hall–Kier alpha value is -0.820. The zero-order valence-corrected chi connectivity index (χ0v) is 13.3. The van der Waals surface area contributed by atoms with Gasteiger partial charge >= 0.3 is 0 Å². The van der Waals surface area contributed by atoms with Gasteiger partial charge in [-0.15, -0.1) is 0 Å². The van der Waals surface area contributed by atoms with Gasteiger partial charge in [0.05, 0.1) is 0 Å². The van der Waals surface area contributed by atoms with E-state index < -0.39 is 0 Å². The van der Waals surface area contributed by atoms with Crippen LogP contribution >= 0.6 is 0 Å². The minimum atomic E-state index is 0.207. The van der Waals surface area contributed by atoms with Crippen molar-refractivity contribution >= 4 is 0 Å². The van der Waals surface area contributed by atoms with Gasteiger partial charge in [0, 0.05) is 5.54 Å². The van der Waals surface area contributed by atoms with Gasteiger partial charge in [-0.3, -0.25) is 0 Å². The highest BCUT2D eigenvalue weighted by Crippen LogP contribution is 2.46. The molecule has 2 atom stereocenters. The van der Waals surface area contributed by atoms with E-state index in [9.17, 15) is 0 Å². The highest BCUT2D eigenvalue weighted by Gasteiger charge is 2.35. The van der Waals surface area contributed by atoms with E-state index in [1.807, 2.05) is 0 Å². The van der Waals surface area contributed by atoms with Gasteiger partial charge in [-0.1, -0.05) is 44.5 Å². The van der Waals surface area contributed by atoms with Gasteiger partial charge in [0.15, 0.2) is 0 Å². The SMILES string of the molecule is CC1(C)CCCC(c2ccccc2C2(C)CCCN2)C1. The Balaban J connectivity index is 1.93. The lowest BCUT2D eigenvalue weighted by Crippen LogP contribution is -2.35. The van der Waals surface area contributed by atoms with Gasteiger partial charge in [-0.05, 0) is 68.0 Å². The van der Waals surface area contributed by atoms with Gasteiger partial charge < -0.3 is 5.32 Å². The Kier molecular flexibility index (Phi) is 3.66. The van der Waals surface area contributed by atoms with Crippen LogP contribution in [-0.4, -0.2) is 6.54 Å². The molecule has 0 bridgehead atoms. The lowest BCUT2D eigenvalue weighted by molar-refractivity contribution is 0.217. The molecule has 0 aromatic heterocycles. The second-order valence-electron chi connectivity index (χ2n) is 7.91. The number of hydrogen-bond donors (Lipinski definition) is 1. The fraction of sp³-hybridized carbons (Fsp3) is 0.684. The summed E-state index contributed by atoms with van der Waals surface area (Å²) in [5, 5.41) is 3.75. The van der Waals surface area contributed by atoms with E-state index in [1.165, 1.54) is 45.1 Å². The average Bonchev–Trinajstić information content (AvgIpc) is 2.86. The maximum absolute atomic E-state index is 3.75. The van der Waals surface area contributed by atoms with Crippen molar-refractivity contribution in [3.05, 3.63) is 35.4 Å². The molecule has 1 aromatic rings. The maximum atomic E-state index is 3.75. The van der Waals surface area contributed by atoms with Crippen LogP contribution in [0.2, 0.25) is 0 Å². The number of benzene rings is 1. The van der Waals surface area contributed by atoms with Crippen molar-refractivity contribution in [3.63, 3.8) is 0 Å². The first-order valence-corrected chi connectivity index (χ1v) is 8.35. The summed E-state index contributed by atoms with van der Waals surface area (Å²) in [5.41, 5.74) is 3.91. The summed E-state index contributed by atoms with van der Waals surface area (Å²) in [6.07, 6.45) is 8.08. The normalized spacial score (nSPS) is 33.2. The lowest BCUT2D eigenvalue weighted by atomic mass is 9.68. The minimum Gasteiger partial charge on any atom is -0.308 e. The van der Waals surface area contributed by atoms with Gasteiger partial charge in [-0.25, -0.2) is 0 Å². The standard InChI is InChI=1S/C19H29N/c1-18(2)11-6-8-15(14-18)16-9-4-5-10-17(16)19(3)12-7-13-20-19/h4-5,9-10,15,20H,6-8,11-14H2,1-3H3. The van der Waals surface area contributed by atoms with Crippen molar-refractivity contribution in [1.29, 1.82) is 0 Å². The Morgan fingerprint density at radius 1 is 1.05 bits per heavy atom. The van der Waals surface area contributed by atoms with Crippen LogP contribution in [0.4, 0.5) is 0 Å². The van der Waals surface area contributed by atoms with Crippen LogP contribution in [0.15, 0.2) is 24.3 Å². The van der Waals surface area contributed by atoms with E-state index in [0.717, 1.165) is 5.92 Å². The molecule has 1 saturated carbocycles. The monoisotopic (exact) mass is 271 g/mol. The highest BCUT2D eigenvalue weighted by atomic mass is 15.0. The fourth-order valence-corrected chi connectivity index (χ4v) is 4.44. The predicted molar refractivity (Wildman–Crippen MR) is 86.0 cm³/mol. The van der Waals surface area contributed by atoms with Crippen LogP contribution in [0.25, 0.3) is 0 Å². The molecular weight excluding hydrogens is 242 g/mol. The third-order valence-corrected chi connectivity index (χ3v) is 5.57. The summed E-state index contributed by atoms with van der Waals surface area (Å²) in [5.74, 6) is 0.758. The van der Waals surface area contributed by atoms with Crippen LogP contribution in [0.5, 0.6) is 0 Å². The molecule has 1 aromatic carbocycles.